The molecule has 1 aromatic heterocycles. The highest BCUT2D eigenvalue weighted by atomic mass is 79.9. The average molecular weight is 271 g/mol. The van der Waals surface area contributed by atoms with Crippen molar-refractivity contribution in [3.8, 4) is 0 Å². The maximum absolute atomic E-state index is 4.17. The van der Waals surface area contributed by atoms with Crippen LogP contribution in [-0.2, 0) is 6.42 Å². The molecule has 0 saturated carbocycles. The van der Waals surface area contributed by atoms with E-state index in [0.717, 1.165) is 17.3 Å². The summed E-state index contributed by atoms with van der Waals surface area (Å²) in [6.07, 6.45) is 6.00. The van der Waals surface area contributed by atoms with Gasteiger partial charge in [-0.1, -0.05) is 13.8 Å². The lowest BCUT2D eigenvalue weighted by Gasteiger charge is -2.19. The number of nitrogens with one attached hydrogen (secondary N) is 1. The molecule has 0 amide bonds. The van der Waals surface area contributed by atoms with Crippen molar-refractivity contribution in [1.29, 1.82) is 0 Å². The molecule has 0 fully saturated rings. The Morgan fingerprint density at radius 3 is 2.67 bits per heavy atom. The molecule has 15 heavy (non-hydrogen) atoms. The number of hydrogen-bond acceptors (Lipinski definition) is 2. The molecule has 1 atom stereocenters. The van der Waals surface area contributed by atoms with Crippen molar-refractivity contribution in [3.63, 3.8) is 0 Å². The predicted octanol–water partition coefficient (Wildman–Crippen LogP) is 3.02. The van der Waals surface area contributed by atoms with Crippen LogP contribution in [0.4, 0.5) is 0 Å². The lowest BCUT2D eigenvalue weighted by atomic mass is 9.97. The van der Waals surface area contributed by atoms with Crippen molar-refractivity contribution in [1.82, 2.24) is 10.3 Å². The minimum absolute atomic E-state index is 0.587. The van der Waals surface area contributed by atoms with Crippen molar-refractivity contribution >= 4 is 15.9 Å². The second-order valence-electron chi connectivity index (χ2n) is 4.19. The molecule has 84 valence electrons. The van der Waals surface area contributed by atoms with Crippen LogP contribution in [-0.4, -0.2) is 18.1 Å². The third-order valence-electron chi connectivity index (χ3n) is 2.68. The SMILES string of the molecule is CNC(CCc1cncc(Br)c1)C(C)C. The summed E-state index contributed by atoms with van der Waals surface area (Å²) in [6.45, 7) is 4.50. The molecule has 0 radical (unpaired) electrons. The van der Waals surface area contributed by atoms with E-state index < -0.39 is 0 Å². The van der Waals surface area contributed by atoms with Gasteiger partial charge in [0.15, 0.2) is 0 Å². The van der Waals surface area contributed by atoms with Crippen molar-refractivity contribution in [3.05, 3.63) is 28.5 Å². The van der Waals surface area contributed by atoms with Crippen LogP contribution in [0, 0.1) is 5.92 Å². The van der Waals surface area contributed by atoms with Gasteiger partial charge >= 0.3 is 0 Å². The van der Waals surface area contributed by atoms with Gasteiger partial charge in [-0.2, -0.15) is 0 Å². The fraction of sp³-hybridized carbons (Fsp3) is 0.583. The highest BCUT2D eigenvalue weighted by Gasteiger charge is 2.10. The summed E-state index contributed by atoms with van der Waals surface area (Å²) in [6, 6.07) is 2.73. The smallest absolute Gasteiger partial charge is 0.0410 e. The van der Waals surface area contributed by atoms with Gasteiger partial charge in [0, 0.05) is 22.9 Å². The Bertz CT molecular complexity index is 299. The Balaban J connectivity index is 2.49. The van der Waals surface area contributed by atoms with Crippen LogP contribution in [0.25, 0.3) is 0 Å². The molecule has 0 saturated heterocycles. The third-order valence-corrected chi connectivity index (χ3v) is 3.11. The zero-order chi connectivity index (χ0) is 11.3. The van der Waals surface area contributed by atoms with Gasteiger partial charge in [0.2, 0.25) is 0 Å². The van der Waals surface area contributed by atoms with Crippen molar-refractivity contribution in [2.75, 3.05) is 7.05 Å². The zero-order valence-electron chi connectivity index (χ0n) is 9.63. The molecule has 0 aromatic carbocycles. The topological polar surface area (TPSA) is 24.9 Å². The van der Waals surface area contributed by atoms with Gasteiger partial charge in [0.05, 0.1) is 0 Å². The summed E-state index contributed by atoms with van der Waals surface area (Å²) in [5.41, 5.74) is 1.30. The van der Waals surface area contributed by atoms with E-state index in [0.29, 0.717) is 12.0 Å². The minimum Gasteiger partial charge on any atom is -0.317 e. The summed E-state index contributed by atoms with van der Waals surface area (Å²) in [7, 11) is 2.03. The van der Waals surface area contributed by atoms with Gasteiger partial charge in [-0.15, -0.1) is 0 Å². The fourth-order valence-corrected chi connectivity index (χ4v) is 2.14. The average Bonchev–Trinajstić information content (AvgIpc) is 2.18. The first-order valence-electron chi connectivity index (χ1n) is 5.40. The zero-order valence-corrected chi connectivity index (χ0v) is 11.2. The number of aromatic nitrogens is 1. The Hall–Kier alpha value is -0.410. The number of pyridine rings is 1. The van der Waals surface area contributed by atoms with E-state index in [1.54, 1.807) is 0 Å². The largest absolute Gasteiger partial charge is 0.317 e. The first-order chi connectivity index (χ1) is 7.13. The summed E-state index contributed by atoms with van der Waals surface area (Å²) in [5.74, 6) is 0.676. The Morgan fingerprint density at radius 1 is 1.40 bits per heavy atom. The fourth-order valence-electron chi connectivity index (χ4n) is 1.73. The second-order valence-corrected chi connectivity index (χ2v) is 5.10. The van der Waals surface area contributed by atoms with E-state index in [4.69, 9.17) is 0 Å². The van der Waals surface area contributed by atoms with Crippen LogP contribution in [0.5, 0.6) is 0 Å². The highest BCUT2D eigenvalue weighted by molar-refractivity contribution is 9.10. The molecule has 0 bridgehead atoms. The maximum atomic E-state index is 4.17. The Morgan fingerprint density at radius 2 is 2.13 bits per heavy atom. The standard InChI is InChI=1S/C12H19BrN2/c1-9(2)12(14-3)5-4-10-6-11(13)8-15-7-10/h6-9,12,14H,4-5H2,1-3H3. The van der Waals surface area contributed by atoms with Crippen molar-refractivity contribution in [2.24, 2.45) is 5.92 Å². The number of aryl methyl sites for hydroxylation is 1. The third kappa shape index (κ3) is 4.31. The quantitative estimate of drug-likeness (QED) is 0.890. The molecule has 1 heterocycles. The number of rotatable bonds is 5. The van der Waals surface area contributed by atoms with E-state index in [2.05, 4.69) is 46.1 Å². The summed E-state index contributed by atoms with van der Waals surface area (Å²) < 4.78 is 1.06. The predicted molar refractivity (Wildman–Crippen MR) is 67.9 cm³/mol. The van der Waals surface area contributed by atoms with Gasteiger partial charge < -0.3 is 5.32 Å². The maximum Gasteiger partial charge on any atom is 0.0410 e. The molecule has 1 unspecified atom stereocenters. The van der Waals surface area contributed by atoms with Crippen LogP contribution in [0.2, 0.25) is 0 Å². The van der Waals surface area contributed by atoms with E-state index in [-0.39, 0.29) is 0 Å². The molecule has 0 aliphatic carbocycles. The number of halogens is 1. The van der Waals surface area contributed by atoms with Gasteiger partial charge in [0.1, 0.15) is 0 Å². The van der Waals surface area contributed by atoms with Crippen LogP contribution in [0.15, 0.2) is 22.9 Å². The van der Waals surface area contributed by atoms with Gasteiger partial charge in [-0.3, -0.25) is 4.98 Å². The number of nitrogens with zero attached hydrogens (tertiary/aromatic N) is 1. The summed E-state index contributed by atoms with van der Waals surface area (Å²) >= 11 is 3.44. The molecule has 1 rings (SSSR count). The second kappa shape index (κ2) is 6.23. The Kier molecular flexibility index (Phi) is 5.26. The first kappa shape index (κ1) is 12.7. The number of hydrogen-bond donors (Lipinski definition) is 1. The lowest BCUT2D eigenvalue weighted by molar-refractivity contribution is 0.403. The van der Waals surface area contributed by atoms with Gasteiger partial charge in [-0.05, 0) is 53.4 Å². The van der Waals surface area contributed by atoms with Crippen molar-refractivity contribution < 1.29 is 0 Å². The van der Waals surface area contributed by atoms with Gasteiger partial charge in [-0.25, -0.2) is 0 Å². The highest BCUT2D eigenvalue weighted by Crippen LogP contribution is 2.14. The Labute approximate surface area is 101 Å². The first-order valence-corrected chi connectivity index (χ1v) is 6.19. The molecular weight excluding hydrogens is 252 g/mol. The molecule has 3 heteroatoms. The van der Waals surface area contributed by atoms with E-state index in [1.807, 2.05) is 19.4 Å². The molecule has 0 spiro atoms. The van der Waals surface area contributed by atoms with Gasteiger partial charge in [0.25, 0.3) is 0 Å². The molecular formula is C12H19BrN2. The van der Waals surface area contributed by atoms with Crippen molar-refractivity contribution in [2.45, 2.75) is 32.7 Å². The minimum atomic E-state index is 0.587. The van der Waals surface area contributed by atoms with Crippen LogP contribution >= 0.6 is 15.9 Å². The van der Waals surface area contributed by atoms with Crippen LogP contribution in [0.1, 0.15) is 25.8 Å². The monoisotopic (exact) mass is 270 g/mol. The van der Waals surface area contributed by atoms with Crippen LogP contribution < -0.4 is 5.32 Å². The van der Waals surface area contributed by atoms with E-state index in [1.165, 1.54) is 5.56 Å². The lowest BCUT2D eigenvalue weighted by Crippen LogP contribution is -2.31. The molecule has 1 aromatic rings. The van der Waals surface area contributed by atoms with E-state index in [9.17, 15) is 0 Å². The summed E-state index contributed by atoms with van der Waals surface area (Å²) in [5, 5.41) is 3.35. The van der Waals surface area contributed by atoms with Crippen LogP contribution in [0.3, 0.4) is 0 Å². The normalized spacial score (nSPS) is 13.1. The molecule has 1 N–H and O–H groups in total. The molecule has 0 aliphatic rings. The van der Waals surface area contributed by atoms with E-state index >= 15 is 0 Å². The summed E-state index contributed by atoms with van der Waals surface area (Å²) in [4.78, 5) is 4.17. The molecule has 0 aliphatic heterocycles. The molecule has 2 nitrogen and oxygen atoms in total.